The van der Waals surface area contributed by atoms with Gasteiger partial charge in [-0.1, -0.05) is 12.1 Å². The molecule has 0 fully saturated rings. The number of benzene rings is 1. The highest BCUT2D eigenvalue weighted by Gasteiger charge is 2.10. The Kier molecular flexibility index (Phi) is 4.23. The number of halogens is 1. The van der Waals surface area contributed by atoms with Crippen LogP contribution < -0.4 is 4.90 Å². The maximum Gasteiger partial charge on any atom is 0.230 e. The first-order valence-corrected chi connectivity index (χ1v) is 5.92. The highest BCUT2D eigenvalue weighted by atomic mass is 19.1. The van der Waals surface area contributed by atoms with Gasteiger partial charge in [0, 0.05) is 25.1 Å². The largest absolute Gasteiger partial charge is 0.315 e. The summed E-state index contributed by atoms with van der Waals surface area (Å²) in [5, 5.41) is 0. The molecule has 0 aliphatic heterocycles. The maximum atomic E-state index is 12.7. The smallest absolute Gasteiger partial charge is 0.230 e. The van der Waals surface area contributed by atoms with Gasteiger partial charge < -0.3 is 4.90 Å². The Bertz CT molecular complexity index is 540. The van der Waals surface area contributed by atoms with Crippen molar-refractivity contribution in [2.45, 2.75) is 6.42 Å². The number of hydrogen-bond acceptors (Lipinski definition) is 2. The predicted molar refractivity (Wildman–Crippen MR) is 72.1 cm³/mol. The van der Waals surface area contributed by atoms with E-state index in [1.165, 1.54) is 12.1 Å². The summed E-state index contributed by atoms with van der Waals surface area (Å²) in [4.78, 5) is 17.4. The van der Waals surface area contributed by atoms with E-state index in [2.05, 4.69) is 4.98 Å². The van der Waals surface area contributed by atoms with Gasteiger partial charge in [-0.05, 0) is 36.2 Å². The van der Waals surface area contributed by atoms with Crippen LogP contribution in [-0.4, -0.2) is 17.9 Å². The highest BCUT2D eigenvalue weighted by Crippen LogP contribution is 2.12. The van der Waals surface area contributed by atoms with E-state index in [0.29, 0.717) is 6.42 Å². The van der Waals surface area contributed by atoms with Crippen molar-refractivity contribution >= 4 is 11.6 Å². The van der Waals surface area contributed by atoms with E-state index < -0.39 is 0 Å². The molecule has 1 aromatic carbocycles. The lowest BCUT2D eigenvalue weighted by atomic mass is 10.1. The Morgan fingerprint density at radius 1 is 1.21 bits per heavy atom. The zero-order valence-electron chi connectivity index (χ0n) is 10.6. The van der Waals surface area contributed by atoms with Gasteiger partial charge >= 0.3 is 0 Å². The van der Waals surface area contributed by atoms with Crippen LogP contribution >= 0.6 is 0 Å². The number of anilines is 1. The van der Waals surface area contributed by atoms with Crippen LogP contribution in [0.15, 0.2) is 48.8 Å². The molecule has 19 heavy (non-hydrogen) atoms. The summed E-state index contributed by atoms with van der Waals surface area (Å²) in [7, 11) is 1.71. The first-order valence-electron chi connectivity index (χ1n) is 5.92. The van der Waals surface area contributed by atoms with Crippen LogP contribution in [-0.2, 0) is 11.2 Å². The molecule has 1 radical (unpaired) electrons. The van der Waals surface area contributed by atoms with Crippen molar-refractivity contribution in [3.63, 3.8) is 0 Å². The van der Waals surface area contributed by atoms with Crippen molar-refractivity contribution in [2.24, 2.45) is 0 Å². The number of pyridine rings is 1. The maximum absolute atomic E-state index is 12.7. The number of hydrogen-bond donors (Lipinski definition) is 0. The minimum atomic E-state index is -0.274. The van der Waals surface area contributed by atoms with E-state index in [1.54, 1.807) is 55.0 Å². The average molecular weight is 257 g/mol. The summed E-state index contributed by atoms with van der Waals surface area (Å²) < 4.78 is 12.7. The van der Waals surface area contributed by atoms with Crippen LogP contribution in [0.2, 0.25) is 0 Å². The molecule has 0 saturated heterocycles. The van der Waals surface area contributed by atoms with Crippen molar-refractivity contribution in [1.82, 2.24) is 4.98 Å². The zero-order valence-corrected chi connectivity index (χ0v) is 10.6. The van der Waals surface area contributed by atoms with Gasteiger partial charge in [-0.2, -0.15) is 0 Å². The lowest BCUT2D eigenvalue weighted by Gasteiger charge is -2.16. The molecule has 3 nitrogen and oxygen atoms in total. The molecule has 0 unspecified atom stereocenters. The summed E-state index contributed by atoms with van der Waals surface area (Å²) in [5.74, 6) is -0.375. The van der Waals surface area contributed by atoms with Crippen LogP contribution in [0.1, 0.15) is 5.56 Å². The molecule has 97 valence electrons. The molecule has 1 aromatic heterocycles. The lowest BCUT2D eigenvalue weighted by molar-refractivity contribution is -0.115. The number of nitrogens with zero attached hydrogens (tertiary/aromatic N) is 2. The number of amides is 1. The average Bonchev–Trinajstić information content (AvgIpc) is 2.46. The number of carbonyl (C=O) groups excluding carboxylic acids is 1. The molecule has 0 bridgehead atoms. The lowest BCUT2D eigenvalue weighted by Crippen LogP contribution is -2.26. The molecule has 0 aliphatic carbocycles. The molecular formula is C15H14FN2O. The number of carbonyl (C=O) groups is 1. The van der Waals surface area contributed by atoms with Gasteiger partial charge in [0.25, 0.3) is 0 Å². The predicted octanol–water partition coefficient (Wildman–Crippen LogP) is 2.63. The molecule has 0 atom stereocenters. The van der Waals surface area contributed by atoms with Crippen molar-refractivity contribution in [3.05, 3.63) is 66.6 Å². The van der Waals surface area contributed by atoms with Gasteiger partial charge in [-0.3, -0.25) is 9.78 Å². The molecular weight excluding hydrogens is 243 g/mol. The third-order valence-corrected chi connectivity index (χ3v) is 2.81. The summed E-state index contributed by atoms with van der Waals surface area (Å²) in [6.45, 7) is 0. The SMILES string of the molecule is CN(C(=O)[CH]Cc1ccc(F)cc1)c1ccncc1. The first-order chi connectivity index (χ1) is 9.16. The fourth-order valence-electron chi connectivity index (χ4n) is 1.66. The minimum absolute atomic E-state index is 0.101. The monoisotopic (exact) mass is 257 g/mol. The second-order valence-electron chi connectivity index (χ2n) is 4.14. The quantitative estimate of drug-likeness (QED) is 0.843. The minimum Gasteiger partial charge on any atom is -0.315 e. The van der Waals surface area contributed by atoms with Crippen LogP contribution in [0.4, 0.5) is 10.1 Å². The summed E-state index contributed by atoms with van der Waals surface area (Å²) >= 11 is 0. The molecule has 0 saturated carbocycles. The van der Waals surface area contributed by atoms with Gasteiger partial charge in [-0.15, -0.1) is 0 Å². The zero-order chi connectivity index (χ0) is 13.7. The Balaban J connectivity index is 1.93. The second kappa shape index (κ2) is 6.09. The van der Waals surface area contributed by atoms with Gasteiger partial charge in [0.15, 0.2) is 0 Å². The van der Waals surface area contributed by atoms with E-state index in [-0.39, 0.29) is 11.7 Å². The van der Waals surface area contributed by atoms with E-state index >= 15 is 0 Å². The number of rotatable bonds is 4. The third kappa shape index (κ3) is 3.61. The Morgan fingerprint density at radius 2 is 1.84 bits per heavy atom. The first kappa shape index (κ1) is 13.2. The molecule has 0 spiro atoms. The molecule has 2 aromatic rings. The van der Waals surface area contributed by atoms with Crippen LogP contribution in [0.25, 0.3) is 0 Å². The van der Waals surface area contributed by atoms with E-state index in [9.17, 15) is 9.18 Å². The van der Waals surface area contributed by atoms with Gasteiger partial charge in [0.2, 0.25) is 5.91 Å². The van der Waals surface area contributed by atoms with E-state index in [0.717, 1.165) is 11.3 Å². The Morgan fingerprint density at radius 3 is 2.47 bits per heavy atom. The fourth-order valence-corrected chi connectivity index (χ4v) is 1.66. The van der Waals surface area contributed by atoms with Gasteiger partial charge in [0.05, 0.1) is 6.42 Å². The van der Waals surface area contributed by atoms with Crippen LogP contribution in [0.5, 0.6) is 0 Å². The van der Waals surface area contributed by atoms with Gasteiger partial charge in [-0.25, -0.2) is 4.39 Å². The Labute approximate surface area is 111 Å². The van der Waals surface area contributed by atoms with Crippen LogP contribution in [0.3, 0.4) is 0 Å². The fraction of sp³-hybridized carbons (Fsp3) is 0.133. The molecule has 0 N–H and O–H groups in total. The third-order valence-electron chi connectivity index (χ3n) is 2.81. The van der Waals surface area contributed by atoms with Crippen LogP contribution in [0, 0.1) is 12.2 Å². The topological polar surface area (TPSA) is 33.2 Å². The normalized spacial score (nSPS) is 10.2. The van der Waals surface area contributed by atoms with Crippen molar-refractivity contribution in [2.75, 3.05) is 11.9 Å². The molecule has 1 heterocycles. The summed E-state index contributed by atoms with van der Waals surface area (Å²) in [6.07, 6.45) is 5.33. The number of aromatic nitrogens is 1. The molecule has 2 rings (SSSR count). The Hall–Kier alpha value is -2.23. The van der Waals surface area contributed by atoms with E-state index in [4.69, 9.17) is 0 Å². The molecule has 1 amide bonds. The van der Waals surface area contributed by atoms with Crippen molar-refractivity contribution in [1.29, 1.82) is 0 Å². The van der Waals surface area contributed by atoms with Crippen molar-refractivity contribution < 1.29 is 9.18 Å². The second-order valence-corrected chi connectivity index (χ2v) is 4.14. The standard InChI is InChI=1S/C15H14FN2O/c1-18(14-8-10-17-11-9-14)15(19)7-4-12-2-5-13(16)6-3-12/h2-3,5-11H,4H2,1H3. The summed E-state index contributed by atoms with van der Waals surface area (Å²) in [6, 6.07) is 9.66. The summed E-state index contributed by atoms with van der Waals surface area (Å²) in [5.41, 5.74) is 1.69. The van der Waals surface area contributed by atoms with Gasteiger partial charge in [0.1, 0.15) is 5.82 Å². The van der Waals surface area contributed by atoms with Crippen molar-refractivity contribution in [3.8, 4) is 0 Å². The van der Waals surface area contributed by atoms with E-state index in [1.807, 2.05) is 0 Å². The molecule has 0 aliphatic rings. The highest BCUT2D eigenvalue weighted by molar-refractivity contribution is 5.98. The molecule has 4 heteroatoms.